The molecule has 1 aliphatic rings. The van der Waals surface area contributed by atoms with E-state index >= 15 is 0 Å². The highest BCUT2D eigenvalue weighted by atomic mass is 79.9. The molecule has 4 nitrogen and oxygen atoms in total. The Labute approximate surface area is 150 Å². The lowest BCUT2D eigenvalue weighted by molar-refractivity contribution is 0.587. The second-order valence-corrected chi connectivity index (χ2v) is 8.03. The molecule has 1 heterocycles. The van der Waals surface area contributed by atoms with Crippen LogP contribution in [-0.2, 0) is 10.2 Å². The van der Waals surface area contributed by atoms with E-state index in [1.807, 2.05) is 0 Å². The maximum atomic E-state index is 14.2. The summed E-state index contributed by atoms with van der Waals surface area (Å²) in [5.41, 5.74) is 1.13. The first-order valence-electron chi connectivity index (χ1n) is 7.80. The summed E-state index contributed by atoms with van der Waals surface area (Å²) in [7, 11) is -3.83. The van der Waals surface area contributed by atoms with E-state index in [2.05, 4.69) is 15.9 Å². The maximum Gasteiger partial charge on any atom is 0.331 e. The molecule has 0 bridgehead atoms. The van der Waals surface area contributed by atoms with Crippen LogP contribution in [0.1, 0.15) is 19.3 Å². The standard InChI is InChI=1S/C17H18BrFN2O2S/c18-12-6-1-7-13-20-16-10-4-5-11-17(16)21(24(20,22)23)15-9-3-2-8-14(15)19/h2-5,8-11H,1,6-7,12-13H2. The predicted octanol–water partition coefficient (Wildman–Crippen LogP) is 4.59. The highest BCUT2D eigenvalue weighted by Crippen LogP contribution is 2.45. The van der Waals surface area contributed by atoms with Gasteiger partial charge in [0.05, 0.1) is 17.1 Å². The van der Waals surface area contributed by atoms with Gasteiger partial charge in [-0.05, 0) is 37.1 Å². The van der Waals surface area contributed by atoms with Crippen LogP contribution in [0.2, 0.25) is 0 Å². The van der Waals surface area contributed by atoms with Crippen molar-refractivity contribution in [3.8, 4) is 0 Å². The van der Waals surface area contributed by atoms with Crippen LogP contribution < -0.4 is 8.61 Å². The maximum absolute atomic E-state index is 14.2. The van der Waals surface area contributed by atoms with Crippen molar-refractivity contribution in [2.75, 3.05) is 20.5 Å². The Morgan fingerprint density at radius 3 is 2.17 bits per heavy atom. The van der Waals surface area contributed by atoms with E-state index in [9.17, 15) is 12.8 Å². The molecule has 0 radical (unpaired) electrons. The van der Waals surface area contributed by atoms with Crippen molar-refractivity contribution < 1.29 is 12.8 Å². The molecule has 0 spiro atoms. The van der Waals surface area contributed by atoms with Crippen LogP contribution in [0.3, 0.4) is 0 Å². The van der Waals surface area contributed by atoms with Gasteiger partial charge in [-0.1, -0.05) is 46.6 Å². The lowest BCUT2D eigenvalue weighted by atomic mass is 10.2. The number of benzene rings is 2. The van der Waals surface area contributed by atoms with Crippen molar-refractivity contribution in [1.82, 2.24) is 0 Å². The molecule has 0 N–H and O–H groups in total. The lowest BCUT2D eigenvalue weighted by Gasteiger charge is -2.22. The van der Waals surface area contributed by atoms with Crippen molar-refractivity contribution >= 4 is 43.2 Å². The minimum atomic E-state index is -3.83. The SMILES string of the molecule is O=S1(=O)N(CCCCCBr)c2ccccc2N1c1ccccc1F. The highest BCUT2D eigenvalue weighted by molar-refractivity contribution is 9.09. The molecule has 0 aliphatic carbocycles. The summed E-state index contributed by atoms with van der Waals surface area (Å²) >= 11 is 3.38. The third-order valence-corrected chi connectivity index (χ3v) is 6.30. The predicted molar refractivity (Wildman–Crippen MR) is 98.9 cm³/mol. The average molecular weight is 413 g/mol. The van der Waals surface area contributed by atoms with Gasteiger partial charge in [0.1, 0.15) is 5.82 Å². The lowest BCUT2D eigenvalue weighted by Crippen LogP contribution is -2.36. The molecule has 0 fully saturated rings. The number of rotatable bonds is 6. The zero-order valence-corrected chi connectivity index (χ0v) is 15.4. The van der Waals surface area contributed by atoms with Crippen molar-refractivity contribution in [2.24, 2.45) is 0 Å². The van der Waals surface area contributed by atoms with Gasteiger partial charge in [0, 0.05) is 11.9 Å². The summed E-state index contributed by atoms with van der Waals surface area (Å²) in [6.07, 6.45) is 2.68. The summed E-state index contributed by atoms with van der Waals surface area (Å²) < 4.78 is 42.8. The molecular weight excluding hydrogens is 395 g/mol. The summed E-state index contributed by atoms with van der Waals surface area (Å²) in [5.74, 6) is -0.558. The van der Waals surface area contributed by atoms with Crippen LogP contribution >= 0.6 is 15.9 Å². The average Bonchev–Trinajstić information content (AvgIpc) is 2.79. The third-order valence-electron chi connectivity index (χ3n) is 3.94. The fourth-order valence-corrected chi connectivity index (χ4v) is 4.98. The third kappa shape index (κ3) is 3.02. The highest BCUT2D eigenvalue weighted by Gasteiger charge is 2.41. The van der Waals surface area contributed by atoms with Gasteiger partial charge in [-0.15, -0.1) is 0 Å². The molecular formula is C17H18BrFN2O2S. The number of fused-ring (bicyclic) bond motifs is 1. The molecule has 24 heavy (non-hydrogen) atoms. The molecule has 0 saturated heterocycles. The van der Waals surface area contributed by atoms with E-state index in [1.165, 1.54) is 16.4 Å². The summed E-state index contributed by atoms with van der Waals surface area (Å²) in [6, 6.07) is 13.0. The molecule has 1 aliphatic heterocycles. The normalized spacial score (nSPS) is 15.6. The molecule has 0 saturated carbocycles. The molecule has 0 atom stereocenters. The van der Waals surface area contributed by atoms with E-state index in [0.29, 0.717) is 17.9 Å². The smallest absolute Gasteiger partial charge is 0.251 e. The number of anilines is 3. The summed E-state index contributed by atoms with van der Waals surface area (Å²) in [4.78, 5) is 0. The van der Waals surface area contributed by atoms with Gasteiger partial charge in [-0.25, -0.2) is 8.70 Å². The number of alkyl halides is 1. The van der Waals surface area contributed by atoms with E-state index in [-0.39, 0.29) is 5.69 Å². The Morgan fingerprint density at radius 2 is 1.50 bits per heavy atom. The van der Waals surface area contributed by atoms with Crippen LogP contribution in [0, 0.1) is 5.82 Å². The molecule has 2 aromatic carbocycles. The number of unbranched alkanes of at least 4 members (excludes halogenated alkanes) is 2. The Balaban J connectivity index is 2.01. The van der Waals surface area contributed by atoms with E-state index in [0.717, 1.165) is 28.9 Å². The fraction of sp³-hybridized carbons (Fsp3) is 0.294. The van der Waals surface area contributed by atoms with Crippen LogP contribution in [0.15, 0.2) is 48.5 Å². The van der Waals surface area contributed by atoms with Gasteiger partial charge in [0.25, 0.3) is 0 Å². The molecule has 0 unspecified atom stereocenters. The summed E-state index contributed by atoms with van der Waals surface area (Å²) in [5, 5.41) is 0.900. The number of halogens is 2. The Bertz CT molecular complexity index is 829. The Morgan fingerprint density at radius 1 is 0.875 bits per heavy atom. The van der Waals surface area contributed by atoms with E-state index in [1.54, 1.807) is 36.4 Å². The first kappa shape index (κ1) is 17.2. The summed E-state index contributed by atoms with van der Waals surface area (Å²) in [6.45, 7) is 0.386. The van der Waals surface area contributed by atoms with E-state index in [4.69, 9.17) is 0 Å². The topological polar surface area (TPSA) is 40.6 Å². The molecule has 0 amide bonds. The number of para-hydroxylation sites is 3. The second-order valence-electron chi connectivity index (χ2n) is 5.53. The van der Waals surface area contributed by atoms with Gasteiger partial charge < -0.3 is 0 Å². The van der Waals surface area contributed by atoms with Crippen LogP contribution in [-0.4, -0.2) is 20.3 Å². The molecule has 3 rings (SSSR count). The van der Waals surface area contributed by atoms with Crippen LogP contribution in [0.4, 0.5) is 21.5 Å². The molecule has 0 aromatic heterocycles. The van der Waals surface area contributed by atoms with Crippen LogP contribution in [0.25, 0.3) is 0 Å². The fourth-order valence-electron chi connectivity index (χ4n) is 2.83. The van der Waals surface area contributed by atoms with Crippen molar-refractivity contribution in [3.63, 3.8) is 0 Å². The zero-order valence-electron chi connectivity index (χ0n) is 13.0. The Hall–Kier alpha value is -1.60. The first-order chi connectivity index (χ1) is 11.6. The minimum absolute atomic E-state index is 0.0490. The number of hydrogen-bond acceptors (Lipinski definition) is 2. The second kappa shape index (κ2) is 7.11. The molecule has 7 heteroatoms. The largest absolute Gasteiger partial charge is 0.331 e. The van der Waals surface area contributed by atoms with Gasteiger partial charge in [0.2, 0.25) is 0 Å². The van der Waals surface area contributed by atoms with E-state index < -0.39 is 16.0 Å². The van der Waals surface area contributed by atoms with Crippen LogP contribution in [0.5, 0.6) is 0 Å². The molecule has 2 aromatic rings. The van der Waals surface area contributed by atoms with Gasteiger partial charge in [-0.2, -0.15) is 8.42 Å². The van der Waals surface area contributed by atoms with Crippen molar-refractivity contribution in [1.29, 1.82) is 0 Å². The monoisotopic (exact) mass is 412 g/mol. The number of nitrogens with zero attached hydrogens (tertiary/aromatic N) is 2. The Kier molecular flexibility index (Phi) is 5.10. The minimum Gasteiger partial charge on any atom is -0.251 e. The quantitative estimate of drug-likeness (QED) is 0.513. The van der Waals surface area contributed by atoms with Gasteiger partial charge in [-0.3, -0.25) is 4.31 Å². The van der Waals surface area contributed by atoms with Crippen molar-refractivity contribution in [2.45, 2.75) is 19.3 Å². The zero-order chi connectivity index (χ0) is 17.2. The first-order valence-corrected chi connectivity index (χ1v) is 10.3. The molecule has 128 valence electrons. The number of hydrogen-bond donors (Lipinski definition) is 0. The van der Waals surface area contributed by atoms with Gasteiger partial charge >= 0.3 is 10.2 Å². The van der Waals surface area contributed by atoms with Gasteiger partial charge in [0.15, 0.2) is 0 Å². The van der Waals surface area contributed by atoms with Crippen molar-refractivity contribution in [3.05, 3.63) is 54.3 Å².